The zero-order valence-electron chi connectivity index (χ0n) is 9.68. The molecule has 0 aliphatic carbocycles. The van der Waals surface area contributed by atoms with E-state index in [9.17, 15) is 9.59 Å². The van der Waals surface area contributed by atoms with Crippen molar-refractivity contribution in [3.63, 3.8) is 0 Å². The lowest BCUT2D eigenvalue weighted by Gasteiger charge is -2.24. The molecule has 0 aromatic heterocycles. The summed E-state index contributed by atoms with van der Waals surface area (Å²) < 4.78 is 0. The Morgan fingerprint density at radius 1 is 1.29 bits per heavy atom. The number of hydrogen-bond acceptors (Lipinski definition) is 2. The molecule has 0 aliphatic rings. The lowest BCUT2D eigenvalue weighted by Crippen LogP contribution is -2.46. The van der Waals surface area contributed by atoms with Gasteiger partial charge in [-0.05, 0) is 27.7 Å². The van der Waals surface area contributed by atoms with Crippen molar-refractivity contribution in [2.45, 2.75) is 40.2 Å². The van der Waals surface area contributed by atoms with Crippen LogP contribution in [0.3, 0.4) is 0 Å². The van der Waals surface area contributed by atoms with E-state index in [1.54, 1.807) is 0 Å². The molecule has 0 spiro atoms. The van der Waals surface area contributed by atoms with Gasteiger partial charge in [0.05, 0.1) is 6.54 Å². The van der Waals surface area contributed by atoms with E-state index in [0.717, 1.165) is 0 Å². The monoisotopic (exact) mass is 200 g/mol. The van der Waals surface area contributed by atoms with Crippen molar-refractivity contribution in [2.24, 2.45) is 0 Å². The molecule has 0 rings (SSSR count). The number of hydrogen-bond donors (Lipinski definition) is 1. The third-order valence-corrected chi connectivity index (χ3v) is 1.68. The van der Waals surface area contributed by atoms with E-state index in [2.05, 4.69) is 5.32 Å². The molecular weight excluding hydrogens is 180 g/mol. The first-order valence-corrected chi connectivity index (χ1v) is 4.82. The topological polar surface area (TPSA) is 49.4 Å². The zero-order valence-corrected chi connectivity index (χ0v) is 9.68. The van der Waals surface area contributed by atoms with Gasteiger partial charge in [-0.2, -0.15) is 0 Å². The van der Waals surface area contributed by atoms with E-state index in [1.807, 2.05) is 27.7 Å². The van der Waals surface area contributed by atoms with E-state index >= 15 is 0 Å². The summed E-state index contributed by atoms with van der Waals surface area (Å²) in [5.74, 6) is -0.189. The molecule has 0 fully saturated rings. The Morgan fingerprint density at radius 3 is 2.07 bits per heavy atom. The number of rotatable bonds is 3. The Kier molecular flexibility index (Phi) is 4.60. The van der Waals surface area contributed by atoms with Gasteiger partial charge in [-0.15, -0.1) is 0 Å². The van der Waals surface area contributed by atoms with Crippen LogP contribution in [0.15, 0.2) is 0 Å². The summed E-state index contributed by atoms with van der Waals surface area (Å²) in [5.41, 5.74) is -0.243. The van der Waals surface area contributed by atoms with Gasteiger partial charge in [0, 0.05) is 19.0 Å². The Morgan fingerprint density at radius 2 is 1.79 bits per heavy atom. The average molecular weight is 200 g/mol. The Hall–Kier alpha value is -1.06. The van der Waals surface area contributed by atoms with Gasteiger partial charge in [0.1, 0.15) is 0 Å². The van der Waals surface area contributed by atoms with Gasteiger partial charge in [0.15, 0.2) is 0 Å². The molecule has 1 N–H and O–H groups in total. The number of carbonyl (C=O) groups excluding carboxylic acids is 2. The maximum absolute atomic E-state index is 11.4. The molecule has 2 amide bonds. The standard InChI is InChI=1S/C10H20N2O2/c1-6-12(8(2)13)7-9(14)11-10(3,4)5/h6-7H2,1-5H3,(H,11,14). The van der Waals surface area contributed by atoms with Crippen LogP contribution in [0.1, 0.15) is 34.6 Å². The maximum atomic E-state index is 11.4. The summed E-state index contributed by atoms with van der Waals surface area (Å²) in [6, 6.07) is 0. The van der Waals surface area contributed by atoms with Crippen molar-refractivity contribution >= 4 is 11.8 Å². The van der Waals surface area contributed by atoms with E-state index in [0.29, 0.717) is 6.54 Å². The molecular formula is C10H20N2O2. The second kappa shape index (κ2) is 4.98. The highest BCUT2D eigenvalue weighted by Gasteiger charge is 2.16. The molecule has 0 radical (unpaired) electrons. The number of amides is 2. The van der Waals surface area contributed by atoms with E-state index in [4.69, 9.17) is 0 Å². The average Bonchev–Trinajstić information content (AvgIpc) is 1.96. The summed E-state index contributed by atoms with van der Waals surface area (Å²) in [4.78, 5) is 24.0. The molecule has 0 saturated heterocycles. The van der Waals surface area contributed by atoms with Crippen molar-refractivity contribution in [2.75, 3.05) is 13.1 Å². The van der Waals surface area contributed by atoms with Gasteiger partial charge < -0.3 is 10.2 Å². The first-order chi connectivity index (χ1) is 6.26. The molecule has 4 nitrogen and oxygen atoms in total. The van der Waals surface area contributed by atoms with Crippen LogP contribution in [0.2, 0.25) is 0 Å². The lowest BCUT2D eigenvalue weighted by molar-refractivity contribution is -0.134. The van der Waals surface area contributed by atoms with E-state index in [1.165, 1.54) is 11.8 Å². The molecule has 0 aromatic carbocycles. The minimum absolute atomic E-state index is 0.0726. The second-order valence-corrected chi connectivity index (χ2v) is 4.33. The fourth-order valence-corrected chi connectivity index (χ4v) is 1.08. The largest absolute Gasteiger partial charge is 0.350 e. The quantitative estimate of drug-likeness (QED) is 0.731. The SMILES string of the molecule is CCN(CC(=O)NC(C)(C)C)C(C)=O. The predicted octanol–water partition coefficient (Wildman–Crippen LogP) is 0.769. The lowest BCUT2D eigenvalue weighted by atomic mass is 10.1. The highest BCUT2D eigenvalue weighted by Crippen LogP contribution is 1.98. The van der Waals surface area contributed by atoms with Crippen molar-refractivity contribution in [1.82, 2.24) is 10.2 Å². The first kappa shape index (κ1) is 12.9. The van der Waals surface area contributed by atoms with Crippen LogP contribution in [0.25, 0.3) is 0 Å². The Balaban J connectivity index is 4.11. The van der Waals surface area contributed by atoms with Gasteiger partial charge in [0.2, 0.25) is 11.8 Å². The summed E-state index contributed by atoms with van der Waals surface area (Å²) in [5, 5.41) is 2.81. The first-order valence-electron chi connectivity index (χ1n) is 4.82. The van der Waals surface area contributed by atoms with Crippen molar-refractivity contribution in [3.8, 4) is 0 Å². The van der Waals surface area contributed by atoms with Gasteiger partial charge in [0.25, 0.3) is 0 Å². The maximum Gasteiger partial charge on any atom is 0.240 e. The van der Waals surface area contributed by atoms with Crippen molar-refractivity contribution in [3.05, 3.63) is 0 Å². The third-order valence-electron chi connectivity index (χ3n) is 1.68. The molecule has 0 aliphatic heterocycles. The summed E-state index contributed by atoms with van der Waals surface area (Å²) in [7, 11) is 0. The van der Waals surface area contributed by atoms with E-state index in [-0.39, 0.29) is 23.9 Å². The summed E-state index contributed by atoms with van der Waals surface area (Å²) in [6.07, 6.45) is 0. The van der Waals surface area contributed by atoms with Gasteiger partial charge in [-0.25, -0.2) is 0 Å². The molecule has 0 atom stereocenters. The van der Waals surface area contributed by atoms with E-state index < -0.39 is 0 Å². The van der Waals surface area contributed by atoms with Gasteiger partial charge in [-0.3, -0.25) is 9.59 Å². The van der Waals surface area contributed by atoms with Gasteiger partial charge >= 0.3 is 0 Å². The summed E-state index contributed by atoms with van der Waals surface area (Å²) in [6.45, 7) is 9.76. The highest BCUT2D eigenvalue weighted by atomic mass is 16.2. The van der Waals surface area contributed by atoms with Crippen molar-refractivity contribution in [1.29, 1.82) is 0 Å². The fourth-order valence-electron chi connectivity index (χ4n) is 1.08. The van der Waals surface area contributed by atoms with Crippen LogP contribution >= 0.6 is 0 Å². The molecule has 14 heavy (non-hydrogen) atoms. The molecule has 0 aromatic rings. The molecule has 0 unspecified atom stereocenters. The minimum Gasteiger partial charge on any atom is -0.350 e. The van der Waals surface area contributed by atoms with Crippen LogP contribution in [0.4, 0.5) is 0 Å². The molecule has 0 bridgehead atoms. The Labute approximate surface area is 85.7 Å². The van der Waals surface area contributed by atoms with Crippen LogP contribution in [0, 0.1) is 0 Å². The molecule has 4 heteroatoms. The molecule has 82 valence electrons. The summed E-state index contributed by atoms with van der Waals surface area (Å²) >= 11 is 0. The zero-order chi connectivity index (χ0) is 11.4. The van der Waals surface area contributed by atoms with Crippen LogP contribution in [-0.4, -0.2) is 35.3 Å². The van der Waals surface area contributed by atoms with Gasteiger partial charge in [-0.1, -0.05) is 0 Å². The number of nitrogens with one attached hydrogen (secondary N) is 1. The van der Waals surface area contributed by atoms with Crippen molar-refractivity contribution < 1.29 is 9.59 Å². The van der Waals surface area contributed by atoms with Crippen LogP contribution in [-0.2, 0) is 9.59 Å². The molecule has 0 saturated carbocycles. The Bertz CT molecular complexity index is 219. The normalized spacial score (nSPS) is 10.9. The van der Waals surface area contributed by atoms with Crippen LogP contribution in [0.5, 0.6) is 0 Å². The minimum atomic E-state index is -0.243. The number of likely N-dealkylation sites (N-methyl/N-ethyl adjacent to an activating group) is 1. The fraction of sp³-hybridized carbons (Fsp3) is 0.800. The predicted molar refractivity (Wildman–Crippen MR) is 55.8 cm³/mol. The third kappa shape index (κ3) is 5.56. The number of nitrogens with zero attached hydrogens (tertiary/aromatic N) is 1. The smallest absolute Gasteiger partial charge is 0.240 e. The van der Waals surface area contributed by atoms with Crippen LogP contribution < -0.4 is 5.32 Å². The second-order valence-electron chi connectivity index (χ2n) is 4.33. The molecule has 0 heterocycles. The highest BCUT2D eigenvalue weighted by molar-refractivity contribution is 5.84. The number of carbonyl (C=O) groups is 2.